The van der Waals surface area contributed by atoms with Crippen LogP contribution in [-0.4, -0.2) is 30.7 Å². The van der Waals surface area contributed by atoms with Crippen molar-refractivity contribution in [3.8, 4) is 0 Å². The van der Waals surface area contributed by atoms with Gasteiger partial charge in [0.2, 0.25) is 0 Å². The second-order valence-corrected chi connectivity index (χ2v) is 5.60. The van der Waals surface area contributed by atoms with E-state index in [4.69, 9.17) is 0 Å². The molecule has 1 aliphatic rings. The molecule has 0 spiro atoms. The number of nitrogens with zero attached hydrogens (tertiary/aromatic N) is 1. The minimum Gasteiger partial charge on any atom is -0.380 e. The van der Waals surface area contributed by atoms with Crippen LogP contribution in [0.5, 0.6) is 0 Å². The SMILES string of the molecule is CN(C)c1ccc(CNC(=O)C2(O)CCCC2)cc1F. The smallest absolute Gasteiger partial charge is 0.252 e. The first kappa shape index (κ1) is 14.8. The summed E-state index contributed by atoms with van der Waals surface area (Å²) in [5.74, 6) is -0.673. The summed E-state index contributed by atoms with van der Waals surface area (Å²) in [5, 5.41) is 12.8. The number of amides is 1. The van der Waals surface area contributed by atoms with Crippen LogP contribution in [0.25, 0.3) is 0 Å². The molecule has 0 saturated heterocycles. The first-order valence-corrected chi connectivity index (χ1v) is 6.89. The third kappa shape index (κ3) is 3.10. The number of carbonyl (C=O) groups is 1. The molecule has 1 aliphatic carbocycles. The highest BCUT2D eigenvalue weighted by Crippen LogP contribution is 2.29. The van der Waals surface area contributed by atoms with Crippen LogP contribution in [0.15, 0.2) is 18.2 Å². The van der Waals surface area contributed by atoms with Crippen molar-refractivity contribution in [1.29, 1.82) is 0 Å². The Morgan fingerprint density at radius 1 is 1.40 bits per heavy atom. The molecular weight excluding hydrogens is 259 g/mol. The molecule has 1 saturated carbocycles. The van der Waals surface area contributed by atoms with Crippen molar-refractivity contribution >= 4 is 11.6 Å². The Morgan fingerprint density at radius 2 is 2.05 bits per heavy atom. The molecule has 1 aromatic carbocycles. The van der Waals surface area contributed by atoms with E-state index < -0.39 is 5.60 Å². The maximum absolute atomic E-state index is 13.8. The molecule has 1 aromatic rings. The number of benzene rings is 1. The van der Waals surface area contributed by atoms with Gasteiger partial charge in [0.1, 0.15) is 11.4 Å². The average Bonchev–Trinajstić information content (AvgIpc) is 2.84. The lowest BCUT2D eigenvalue weighted by Crippen LogP contribution is -2.44. The largest absolute Gasteiger partial charge is 0.380 e. The van der Waals surface area contributed by atoms with Crippen LogP contribution in [0.3, 0.4) is 0 Å². The summed E-state index contributed by atoms with van der Waals surface area (Å²) in [6.45, 7) is 0.228. The van der Waals surface area contributed by atoms with Crippen molar-refractivity contribution in [3.05, 3.63) is 29.6 Å². The zero-order chi connectivity index (χ0) is 14.8. The Morgan fingerprint density at radius 3 is 2.60 bits per heavy atom. The Labute approximate surface area is 118 Å². The van der Waals surface area contributed by atoms with Gasteiger partial charge in [-0.25, -0.2) is 4.39 Å². The summed E-state index contributed by atoms with van der Waals surface area (Å²) in [4.78, 5) is 13.6. The zero-order valence-electron chi connectivity index (χ0n) is 11.9. The number of rotatable bonds is 4. The number of aliphatic hydroxyl groups is 1. The first-order valence-electron chi connectivity index (χ1n) is 6.89. The first-order chi connectivity index (χ1) is 9.42. The van der Waals surface area contributed by atoms with Crippen LogP contribution < -0.4 is 10.2 Å². The highest BCUT2D eigenvalue weighted by molar-refractivity contribution is 5.85. The maximum Gasteiger partial charge on any atom is 0.252 e. The Kier molecular flexibility index (Phi) is 4.28. The van der Waals surface area contributed by atoms with Crippen molar-refractivity contribution in [2.24, 2.45) is 0 Å². The van der Waals surface area contributed by atoms with E-state index in [1.54, 1.807) is 31.1 Å². The summed E-state index contributed by atoms with van der Waals surface area (Å²) in [5.41, 5.74) is -0.0418. The van der Waals surface area contributed by atoms with E-state index in [2.05, 4.69) is 5.32 Å². The van der Waals surface area contributed by atoms with E-state index in [1.165, 1.54) is 6.07 Å². The molecule has 4 nitrogen and oxygen atoms in total. The molecule has 1 fully saturated rings. The number of hydrogen-bond donors (Lipinski definition) is 2. The average molecular weight is 280 g/mol. The number of anilines is 1. The number of hydrogen-bond acceptors (Lipinski definition) is 3. The summed E-state index contributed by atoms with van der Waals surface area (Å²) in [6, 6.07) is 4.87. The van der Waals surface area contributed by atoms with Gasteiger partial charge in [0.15, 0.2) is 0 Å². The van der Waals surface area contributed by atoms with Gasteiger partial charge in [0.05, 0.1) is 5.69 Å². The third-order valence-electron chi connectivity index (χ3n) is 3.80. The summed E-state index contributed by atoms with van der Waals surface area (Å²) in [7, 11) is 3.55. The van der Waals surface area contributed by atoms with Gasteiger partial charge >= 0.3 is 0 Å². The number of carbonyl (C=O) groups excluding carboxylic acids is 1. The van der Waals surface area contributed by atoms with Gasteiger partial charge in [0, 0.05) is 20.6 Å². The monoisotopic (exact) mass is 280 g/mol. The molecular formula is C15H21FN2O2. The van der Waals surface area contributed by atoms with Crippen LogP contribution in [-0.2, 0) is 11.3 Å². The van der Waals surface area contributed by atoms with Gasteiger partial charge < -0.3 is 15.3 Å². The summed E-state index contributed by atoms with van der Waals surface area (Å²) < 4.78 is 13.8. The molecule has 0 heterocycles. The Balaban J connectivity index is 1.97. The van der Waals surface area contributed by atoms with E-state index in [-0.39, 0.29) is 18.3 Å². The van der Waals surface area contributed by atoms with E-state index in [0.717, 1.165) is 12.8 Å². The molecule has 20 heavy (non-hydrogen) atoms. The number of nitrogens with one attached hydrogen (secondary N) is 1. The molecule has 0 radical (unpaired) electrons. The lowest BCUT2D eigenvalue weighted by Gasteiger charge is -2.21. The van der Waals surface area contributed by atoms with Crippen LogP contribution in [0.1, 0.15) is 31.2 Å². The van der Waals surface area contributed by atoms with Crippen LogP contribution in [0.4, 0.5) is 10.1 Å². The van der Waals surface area contributed by atoms with Gasteiger partial charge in [-0.3, -0.25) is 4.79 Å². The predicted molar refractivity (Wildman–Crippen MR) is 76.0 cm³/mol. The lowest BCUT2D eigenvalue weighted by molar-refractivity contribution is -0.139. The molecule has 5 heteroatoms. The molecule has 110 valence electrons. The van der Waals surface area contributed by atoms with E-state index >= 15 is 0 Å². The second-order valence-electron chi connectivity index (χ2n) is 5.60. The van der Waals surface area contributed by atoms with Gasteiger partial charge in [-0.15, -0.1) is 0 Å². The Hall–Kier alpha value is -1.62. The fourth-order valence-electron chi connectivity index (χ4n) is 2.56. The normalized spacial score (nSPS) is 17.0. The van der Waals surface area contributed by atoms with Gasteiger partial charge in [0.25, 0.3) is 5.91 Å². The minimum atomic E-state index is -1.23. The summed E-state index contributed by atoms with van der Waals surface area (Å²) >= 11 is 0. The molecule has 1 amide bonds. The van der Waals surface area contributed by atoms with Crippen molar-refractivity contribution in [1.82, 2.24) is 5.32 Å². The Bertz CT molecular complexity index is 497. The molecule has 0 bridgehead atoms. The highest BCUT2D eigenvalue weighted by Gasteiger charge is 2.38. The summed E-state index contributed by atoms with van der Waals surface area (Å²) in [6.07, 6.45) is 2.76. The molecule has 0 aliphatic heterocycles. The van der Waals surface area contributed by atoms with Crippen molar-refractivity contribution < 1.29 is 14.3 Å². The topological polar surface area (TPSA) is 52.6 Å². The third-order valence-corrected chi connectivity index (χ3v) is 3.80. The van der Waals surface area contributed by atoms with Crippen molar-refractivity contribution in [2.75, 3.05) is 19.0 Å². The van der Waals surface area contributed by atoms with Gasteiger partial charge in [-0.05, 0) is 43.4 Å². The van der Waals surface area contributed by atoms with Gasteiger partial charge in [-0.2, -0.15) is 0 Å². The molecule has 0 aromatic heterocycles. The zero-order valence-corrected chi connectivity index (χ0v) is 11.9. The van der Waals surface area contributed by atoms with Crippen LogP contribution >= 0.6 is 0 Å². The lowest BCUT2D eigenvalue weighted by atomic mass is 10.0. The van der Waals surface area contributed by atoms with E-state index in [9.17, 15) is 14.3 Å². The molecule has 2 rings (SSSR count). The maximum atomic E-state index is 13.8. The molecule has 2 N–H and O–H groups in total. The van der Waals surface area contributed by atoms with Crippen LogP contribution in [0, 0.1) is 5.82 Å². The standard InChI is InChI=1S/C15H21FN2O2/c1-18(2)13-6-5-11(9-12(13)16)10-17-14(19)15(20)7-3-4-8-15/h5-6,9,20H,3-4,7-8,10H2,1-2H3,(H,17,19). The fourth-order valence-corrected chi connectivity index (χ4v) is 2.56. The fraction of sp³-hybridized carbons (Fsp3) is 0.533. The van der Waals surface area contributed by atoms with E-state index in [0.29, 0.717) is 24.1 Å². The van der Waals surface area contributed by atoms with E-state index in [1.807, 2.05) is 0 Å². The van der Waals surface area contributed by atoms with Crippen molar-refractivity contribution in [2.45, 2.75) is 37.8 Å². The van der Waals surface area contributed by atoms with Crippen molar-refractivity contribution in [3.63, 3.8) is 0 Å². The molecule has 0 unspecified atom stereocenters. The highest BCUT2D eigenvalue weighted by atomic mass is 19.1. The number of halogens is 1. The molecule has 0 atom stereocenters. The predicted octanol–water partition coefficient (Wildman–Crippen LogP) is 1.81. The minimum absolute atomic E-state index is 0.228. The van der Waals surface area contributed by atoms with Crippen LogP contribution in [0.2, 0.25) is 0 Å². The second kappa shape index (κ2) is 5.79. The van der Waals surface area contributed by atoms with Gasteiger partial charge in [-0.1, -0.05) is 6.07 Å². The quantitative estimate of drug-likeness (QED) is 0.884.